The molecule has 20 heavy (non-hydrogen) atoms. The second kappa shape index (κ2) is 7.40. The van der Waals surface area contributed by atoms with Crippen LogP contribution in [0.5, 0.6) is 0 Å². The Hall–Kier alpha value is -1.40. The molecule has 1 aromatic rings. The van der Waals surface area contributed by atoms with Crippen molar-refractivity contribution in [2.45, 2.75) is 45.9 Å². The van der Waals surface area contributed by atoms with Gasteiger partial charge in [0.2, 0.25) is 0 Å². The Morgan fingerprint density at radius 2 is 2.40 bits per heavy atom. The zero-order valence-corrected chi connectivity index (χ0v) is 12.1. The first-order valence-corrected chi connectivity index (χ1v) is 7.15. The summed E-state index contributed by atoms with van der Waals surface area (Å²) in [6, 6.07) is 0. The highest BCUT2D eigenvalue weighted by Crippen LogP contribution is 2.13. The summed E-state index contributed by atoms with van der Waals surface area (Å²) in [6.45, 7) is 5.88. The maximum atomic E-state index is 11.7. The van der Waals surface area contributed by atoms with Crippen molar-refractivity contribution < 1.29 is 19.0 Å². The number of carbonyl (C=O) groups is 1. The Bertz CT molecular complexity index is 438. The van der Waals surface area contributed by atoms with Gasteiger partial charge < -0.3 is 14.2 Å². The van der Waals surface area contributed by atoms with Crippen molar-refractivity contribution in [2.75, 3.05) is 19.8 Å². The van der Waals surface area contributed by atoms with Crippen LogP contribution in [0.1, 0.15) is 42.2 Å². The summed E-state index contributed by atoms with van der Waals surface area (Å²) in [7, 11) is 0. The summed E-state index contributed by atoms with van der Waals surface area (Å²) in [5.74, 6) is -0.375. The summed E-state index contributed by atoms with van der Waals surface area (Å²) in [5, 5.41) is 4.23. The smallest absolute Gasteiger partial charge is 0.359 e. The first-order chi connectivity index (χ1) is 9.70. The molecule has 6 heteroatoms. The van der Waals surface area contributed by atoms with Gasteiger partial charge in [0.25, 0.3) is 0 Å². The molecule has 1 atom stereocenters. The monoisotopic (exact) mass is 282 g/mol. The van der Waals surface area contributed by atoms with Gasteiger partial charge in [-0.3, -0.25) is 4.68 Å². The number of nitrogens with zero attached hydrogens (tertiary/aromatic N) is 2. The molecule has 112 valence electrons. The van der Waals surface area contributed by atoms with E-state index in [0.717, 1.165) is 31.4 Å². The third-order valence-corrected chi connectivity index (χ3v) is 3.18. The van der Waals surface area contributed by atoms with Gasteiger partial charge in [0.15, 0.2) is 12.0 Å². The molecular formula is C14H22N2O4. The molecule has 1 aliphatic heterocycles. The van der Waals surface area contributed by atoms with Crippen LogP contribution < -0.4 is 0 Å². The minimum atomic E-state index is -0.375. The van der Waals surface area contributed by atoms with Crippen molar-refractivity contribution in [3.05, 3.63) is 17.5 Å². The third kappa shape index (κ3) is 4.05. The molecule has 0 aliphatic carbocycles. The Kier molecular flexibility index (Phi) is 5.55. The first-order valence-electron chi connectivity index (χ1n) is 7.15. The van der Waals surface area contributed by atoms with Crippen LogP contribution in [0.25, 0.3) is 0 Å². The van der Waals surface area contributed by atoms with Crippen LogP contribution >= 0.6 is 0 Å². The molecule has 0 bridgehead atoms. The maximum absolute atomic E-state index is 11.7. The molecule has 2 rings (SSSR count). The molecule has 1 fully saturated rings. The van der Waals surface area contributed by atoms with Crippen molar-refractivity contribution in [2.24, 2.45) is 0 Å². The van der Waals surface area contributed by atoms with Crippen LogP contribution in [-0.4, -0.2) is 41.9 Å². The summed E-state index contributed by atoms with van der Waals surface area (Å²) >= 11 is 0. The van der Waals surface area contributed by atoms with Crippen molar-refractivity contribution in [3.8, 4) is 0 Å². The van der Waals surface area contributed by atoms with E-state index < -0.39 is 0 Å². The van der Waals surface area contributed by atoms with E-state index in [-0.39, 0.29) is 12.3 Å². The predicted octanol–water partition coefficient (Wildman–Crippen LogP) is 1.91. The van der Waals surface area contributed by atoms with Gasteiger partial charge in [-0.05, 0) is 33.1 Å². The molecule has 0 N–H and O–H groups in total. The number of aromatic nitrogens is 2. The molecule has 0 aromatic carbocycles. The molecule has 2 heterocycles. The summed E-state index contributed by atoms with van der Waals surface area (Å²) in [5.41, 5.74) is 1.19. The minimum Gasteiger partial charge on any atom is -0.461 e. The lowest BCUT2D eigenvalue weighted by Crippen LogP contribution is -2.24. The van der Waals surface area contributed by atoms with Gasteiger partial charge in [-0.2, -0.15) is 5.10 Å². The number of carbonyl (C=O) groups excluding carboxylic acids is 1. The Morgan fingerprint density at radius 1 is 1.55 bits per heavy atom. The highest BCUT2D eigenvalue weighted by atomic mass is 16.7. The molecule has 0 saturated carbocycles. The lowest BCUT2D eigenvalue weighted by atomic mass is 10.2. The fourth-order valence-corrected chi connectivity index (χ4v) is 2.16. The van der Waals surface area contributed by atoms with Gasteiger partial charge in [0, 0.05) is 18.4 Å². The molecular weight excluding hydrogens is 260 g/mol. The third-order valence-electron chi connectivity index (χ3n) is 3.18. The average molecular weight is 282 g/mol. The van der Waals surface area contributed by atoms with Crippen molar-refractivity contribution in [3.63, 3.8) is 0 Å². The Balaban J connectivity index is 1.81. The van der Waals surface area contributed by atoms with Gasteiger partial charge >= 0.3 is 5.97 Å². The van der Waals surface area contributed by atoms with Crippen molar-refractivity contribution >= 4 is 5.97 Å². The van der Waals surface area contributed by atoms with Crippen LogP contribution in [0.4, 0.5) is 0 Å². The highest BCUT2D eigenvalue weighted by Gasteiger charge is 2.16. The molecule has 1 aliphatic rings. The predicted molar refractivity (Wildman–Crippen MR) is 72.5 cm³/mol. The minimum absolute atomic E-state index is 0.0927. The van der Waals surface area contributed by atoms with Crippen molar-refractivity contribution in [1.29, 1.82) is 0 Å². The number of hydrogen-bond donors (Lipinski definition) is 0. The lowest BCUT2D eigenvalue weighted by Gasteiger charge is -2.22. The molecule has 6 nitrogen and oxygen atoms in total. The molecule has 0 spiro atoms. The van der Waals surface area contributed by atoms with E-state index >= 15 is 0 Å². The van der Waals surface area contributed by atoms with E-state index in [1.807, 2.05) is 13.1 Å². The topological polar surface area (TPSA) is 62.6 Å². The zero-order chi connectivity index (χ0) is 14.4. The van der Waals surface area contributed by atoms with Gasteiger partial charge in [-0.25, -0.2) is 4.79 Å². The fraction of sp³-hybridized carbons (Fsp3) is 0.714. The maximum Gasteiger partial charge on any atom is 0.359 e. The Labute approximate surface area is 119 Å². The highest BCUT2D eigenvalue weighted by molar-refractivity contribution is 5.88. The van der Waals surface area contributed by atoms with Gasteiger partial charge in [0.1, 0.15) is 0 Å². The number of esters is 1. The van der Waals surface area contributed by atoms with E-state index in [1.165, 1.54) is 0 Å². The van der Waals surface area contributed by atoms with Crippen LogP contribution in [0.2, 0.25) is 0 Å². The van der Waals surface area contributed by atoms with E-state index in [0.29, 0.717) is 25.5 Å². The summed E-state index contributed by atoms with van der Waals surface area (Å²) in [6.07, 6.45) is 4.95. The number of rotatable bonds is 6. The van der Waals surface area contributed by atoms with Crippen LogP contribution in [0, 0.1) is 6.92 Å². The van der Waals surface area contributed by atoms with E-state index in [1.54, 1.807) is 11.6 Å². The lowest BCUT2D eigenvalue weighted by molar-refractivity contribution is -0.163. The van der Waals surface area contributed by atoms with E-state index in [2.05, 4.69) is 5.10 Å². The molecule has 0 radical (unpaired) electrons. The second-order valence-corrected chi connectivity index (χ2v) is 4.81. The number of ether oxygens (including phenoxy) is 3. The van der Waals surface area contributed by atoms with Crippen LogP contribution in [0.3, 0.4) is 0 Å². The molecule has 1 unspecified atom stereocenters. The van der Waals surface area contributed by atoms with Gasteiger partial charge in [0.05, 0.1) is 19.8 Å². The van der Waals surface area contributed by atoms with Crippen molar-refractivity contribution in [1.82, 2.24) is 9.78 Å². The van der Waals surface area contributed by atoms with Gasteiger partial charge in [-0.1, -0.05) is 0 Å². The second-order valence-electron chi connectivity index (χ2n) is 4.81. The van der Waals surface area contributed by atoms with E-state index in [9.17, 15) is 4.79 Å². The fourth-order valence-electron chi connectivity index (χ4n) is 2.16. The SMILES string of the molecule is CCOC(=O)c1nn(CCOC2CCCCO2)cc1C. The standard InChI is InChI=1S/C14H22N2O4/c1-3-18-14(17)13-11(2)10-16(15-13)7-9-20-12-6-4-5-8-19-12/h10,12H,3-9H2,1-2H3. The van der Waals surface area contributed by atoms with E-state index in [4.69, 9.17) is 14.2 Å². The van der Waals surface area contributed by atoms with Gasteiger partial charge in [-0.15, -0.1) is 0 Å². The van der Waals surface area contributed by atoms with Crippen LogP contribution in [0.15, 0.2) is 6.20 Å². The average Bonchev–Trinajstić information content (AvgIpc) is 2.81. The normalized spacial score (nSPS) is 19.0. The largest absolute Gasteiger partial charge is 0.461 e. The zero-order valence-electron chi connectivity index (χ0n) is 12.1. The van der Waals surface area contributed by atoms with Crippen LogP contribution in [-0.2, 0) is 20.8 Å². The number of aryl methyl sites for hydroxylation is 1. The molecule has 1 aromatic heterocycles. The quantitative estimate of drug-likeness (QED) is 0.746. The molecule has 0 amide bonds. The summed E-state index contributed by atoms with van der Waals surface area (Å²) in [4.78, 5) is 11.7. The summed E-state index contributed by atoms with van der Waals surface area (Å²) < 4.78 is 17.8. The Morgan fingerprint density at radius 3 is 3.10 bits per heavy atom. The first kappa shape index (κ1) is 15.0. The number of hydrogen-bond acceptors (Lipinski definition) is 5. The molecule has 1 saturated heterocycles.